The van der Waals surface area contributed by atoms with Gasteiger partial charge in [-0.3, -0.25) is 13.7 Å². The molecule has 9 nitrogen and oxygen atoms in total. The molecular formula is C29H50O9S3. The van der Waals surface area contributed by atoms with Crippen molar-refractivity contribution in [1.82, 2.24) is 0 Å². The maximum absolute atomic E-state index is 12.9. The standard InChI is InChI=1S/C29H50O9S3/c1-17(9-11-27(4)16-26(27,2)3)19-7-8-20-18-13-23(39(30,31)32)22-14-24(40(33,34)35)25(41(36,37)38)15-29(22,6)21(18)10-12-28(19,20)5/h17-25H,7-16H2,1-6H3,(H,30,31,32)(H,33,34,35)(H,36,37,38)/t17-,18+,19-,20+,21+,22-,23+,24+,25+,27?,28-,29-/m1/s1. The Morgan fingerprint density at radius 3 is 1.76 bits per heavy atom. The van der Waals surface area contributed by atoms with Gasteiger partial charge in [-0.2, -0.15) is 25.3 Å². The van der Waals surface area contributed by atoms with E-state index in [0.717, 1.165) is 32.1 Å². The fourth-order valence-electron chi connectivity index (χ4n) is 11.3. The molecule has 41 heavy (non-hydrogen) atoms. The summed E-state index contributed by atoms with van der Waals surface area (Å²) in [6, 6.07) is 0. The molecule has 0 spiro atoms. The van der Waals surface area contributed by atoms with E-state index in [4.69, 9.17) is 0 Å². The van der Waals surface area contributed by atoms with E-state index in [0.29, 0.717) is 22.7 Å². The van der Waals surface area contributed by atoms with Crippen molar-refractivity contribution in [2.24, 2.45) is 57.2 Å². The second-order valence-electron chi connectivity index (χ2n) is 16.2. The van der Waals surface area contributed by atoms with Crippen LogP contribution in [0.1, 0.15) is 106 Å². The molecule has 0 aromatic carbocycles. The zero-order valence-corrected chi connectivity index (χ0v) is 27.7. The minimum atomic E-state index is -4.91. The van der Waals surface area contributed by atoms with E-state index in [2.05, 4.69) is 34.6 Å². The van der Waals surface area contributed by atoms with Crippen LogP contribution in [0.15, 0.2) is 0 Å². The third-order valence-electron chi connectivity index (χ3n) is 14.0. The predicted molar refractivity (Wildman–Crippen MR) is 157 cm³/mol. The van der Waals surface area contributed by atoms with Crippen LogP contribution < -0.4 is 0 Å². The molecule has 238 valence electrons. The summed E-state index contributed by atoms with van der Waals surface area (Å²) < 4.78 is 106. The monoisotopic (exact) mass is 638 g/mol. The molecule has 0 saturated heterocycles. The molecule has 12 atom stereocenters. The van der Waals surface area contributed by atoms with E-state index in [9.17, 15) is 38.9 Å². The van der Waals surface area contributed by atoms with Crippen LogP contribution in [0.2, 0.25) is 0 Å². The first kappa shape index (κ1) is 32.1. The number of hydrogen-bond donors (Lipinski definition) is 3. The Hall–Kier alpha value is -0.270. The van der Waals surface area contributed by atoms with Gasteiger partial charge in [-0.25, -0.2) is 0 Å². The largest absolute Gasteiger partial charge is 0.285 e. The maximum Gasteiger partial charge on any atom is 0.269 e. The molecule has 5 aliphatic carbocycles. The predicted octanol–water partition coefficient (Wildman–Crippen LogP) is 5.49. The molecule has 5 saturated carbocycles. The van der Waals surface area contributed by atoms with Gasteiger partial charge in [0, 0.05) is 0 Å². The summed E-state index contributed by atoms with van der Waals surface area (Å²) in [6.45, 7) is 13.6. The Labute approximate surface area is 247 Å². The van der Waals surface area contributed by atoms with E-state index in [1.807, 2.05) is 6.92 Å². The van der Waals surface area contributed by atoms with Crippen molar-refractivity contribution < 1.29 is 38.9 Å². The van der Waals surface area contributed by atoms with Gasteiger partial charge < -0.3 is 0 Å². The Kier molecular flexibility index (Phi) is 7.54. The second kappa shape index (κ2) is 9.61. The molecule has 3 N–H and O–H groups in total. The minimum Gasteiger partial charge on any atom is -0.285 e. The van der Waals surface area contributed by atoms with Crippen molar-refractivity contribution in [2.45, 2.75) is 122 Å². The first-order chi connectivity index (χ1) is 18.5. The zero-order valence-electron chi connectivity index (χ0n) is 25.3. The lowest BCUT2D eigenvalue weighted by atomic mass is 9.44. The molecule has 5 rings (SSSR count). The Balaban J connectivity index is 1.46. The van der Waals surface area contributed by atoms with Crippen LogP contribution in [-0.2, 0) is 30.4 Å². The van der Waals surface area contributed by atoms with E-state index < -0.39 is 63.9 Å². The van der Waals surface area contributed by atoms with Gasteiger partial charge in [-0.05, 0) is 121 Å². The smallest absolute Gasteiger partial charge is 0.269 e. The lowest BCUT2D eigenvalue weighted by Crippen LogP contribution is -2.63. The van der Waals surface area contributed by atoms with Crippen molar-refractivity contribution in [3.63, 3.8) is 0 Å². The number of hydrogen-bond acceptors (Lipinski definition) is 6. The summed E-state index contributed by atoms with van der Waals surface area (Å²) in [5.74, 6) is 0.236. The summed E-state index contributed by atoms with van der Waals surface area (Å²) in [6.07, 6.45) is 6.77. The highest BCUT2D eigenvalue weighted by Gasteiger charge is 2.67. The van der Waals surface area contributed by atoms with E-state index >= 15 is 0 Å². The van der Waals surface area contributed by atoms with Crippen molar-refractivity contribution in [1.29, 1.82) is 0 Å². The number of fused-ring (bicyclic) bond motifs is 5. The first-order valence-electron chi connectivity index (χ1n) is 15.3. The summed E-state index contributed by atoms with van der Waals surface area (Å²) >= 11 is 0. The zero-order chi connectivity index (χ0) is 30.8. The Morgan fingerprint density at radius 2 is 1.24 bits per heavy atom. The quantitative estimate of drug-likeness (QED) is 0.306. The highest BCUT2D eigenvalue weighted by atomic mass is 32.2. The molecule has 0 radical (unpaired) electrons. The maximum atomic E-state index is 12.9. The molecule has 0 aromatic heterocycles. The fourth-order valence-corrected chi connectivity index (χ4v) is 15.4. The van der Waals surface area contributed by atoms with E-state index in [-0.39, 0.29) is 36.0 Å². The molecule has 1 unspecified atom stereocenters. The van der Waals surface area contributed by atoms with Crippen molar-refractivity contribution in [3.8, 4) is 0 Å². The van der Waals surface area contributed by atoms with Crippen LogP contribution in [0, 0.1) is 57.2 Å². The van der Waals surface area contributed by atoms with Gasteiger partial charge in [-0.1, -0.05) is 41.5 Å². The summed E-state index contributed by atoms with van der Waals surface area (Å²) in [5.41, 5.74) is -0.165. The summed E-state index contributed by atoms with van der Waals surface area (Å²) in [7, 11) is -14.4. The van der Waals surface area contributed by atoms with Gasteiger partial charge in [0.15, 0.2) is 0 Å². The van der Waals surface area contributed by atoms with Crippen LogP contribution in [0.4, 0.5) is 0 Å². The molecule has 0 heterocycles. The molecule has 0 bridgehead atoms. The molecule has 5 aliphatic rings. The van der Waals surface area contributed by atoms with Crippen LogP contribution in [0.3, 0.4) is 0 Å². The fraction of sp³-hybridized carbons (Fsp3) is 1.00. The molecule has 12 heteroatoms. The highest BCUT2D eigenvalue weighted by Crippen LogP contribution is 2.70. The Bertz CT molecular complexity index is 1390. The SMILES string of the molecule is C[C@H](CCC1(C)CC1(C)C)[C@H]1CC[C@H]2[C@@H]3C[C@H](S(=O)(=O)O)[C@H]4C[C@H](S(=O)(=O)O)[C@@H](S(=O)(=O)O)C[C@]4(C)[C@H]3CC[C@]12C. The minimum absolute atomic E-state index is 0.00160. The van der Waals surface area contributed by atoms with Gasteiger partial charge in [0.25, 0.3) is 30.4 Å². The van der Waals surface area contributed by atoms with Gasteiger partial charge in [-0.15, -0.1) is 0 Å². The van der Waals surface area contributed by atoms with E-state index in [1.165, 1.54) is 12.8 Å². The second-order valence-corrected chi connectivity index (χ2v) is 21.1. The van der Waals surface area contributed by atoms with E-state index in [1.54, 1.807) is 0 Å². The summed E-state index contributed by atoms with van der Waals surface area (Å²) in [4.78, 5) is 0. The van der Waals surface area contributed by atoms with Crippen molar-refractivity contribution >= 4 is 30.4 Å². The van der Waals surface area contributed by atoms with Gasteiger partial charge in [0.05, 0.1) is 5.25 Å². The van der Waals surface area contributed by atoms with Crippen molar-refractivity contribution in [2.75, 3.05) is 0 Å². The molecule has 0 aliphatic heterocycles. The van der Waals surface area contributed by atoms with Gasteiger partial charge in [0.2, 0.25) is 0 Å². The molecule has 0 aromatic rings. The average Bonchev–Trinajstić information content (AvgIpc) is 3.12. The normalized spacial score (nSPS) is 48.5. The topological polar surface area (TPSA) is 163 Å². The van der Waals surface area contributed by atoms with Crippen LogP contribution in [-0.4, -0.2) is 54.7 Å². The van der Waals surface area contributed by atoms with Crippen molar-refractivity contribution in [3.05, 3.63) is 0 Å². The average molecular weight is 639 g/mol. The highest BCUT2D eigenvalue weighted by molar-refractivity contribution is 7.90. The molecular weight excluding hydrogens is 589 g/mol. The number of rotatable bonds is 7. The third kappa shape index (κ3) is 5.16. The van der Waals surface area contributed by atoms with Gasteiger partial charge in [0.1, 0.15) is 10.5 Å². The first-order valence-corrected chi connectivity index (χ1v) is 19.9. The molecule has 5 fully saturated rings. The van der Waals surface area contributed by atoms with Crippen LogP contribution >= 0.6 is 0 Å². The third-order valence-corrected chi connectivity index (χ3v) is 18.0. The van der Waals surface area contributed by atoms with Gasteiger partial charge >= 0.3 is 0 Å². The lowest BCUT2D eigenvalue weighted by molar-refractivity contribution is -0.112. The summed E-state index contributed by atoms with van der Waals surface area (Å²) in [5, 5.41) is -4.85. The Morgan fingerprint density at radius 1 is 0.707 bits per heavy atom. The lowest BCUT2D eigenvalue weighted by Gasteiger charge is -2.63. The molecule has 0 amide bonds. The van der Waals surface area contributed by atoms with Crippen LogP contribution in [0.25, 0.3) is 0 Å². The van der Waals surface area contributed by atoms with Crippen LogP contribution in [0.5, 0.6) is 0 Å².